The largest absolute Gasteiger partial charge is 0.420 e. The molecule has 1 atom stereocenters. The average molecular weight is 392 g/mol. The Labute approximate surface area is 172 Å². The molecule has 1 aliphatic carbocycles. The van der Waals surface area contributed by atoms with Gasteiger partial charge in [-0.15, -0.1) is 10.2 Å². The molecule has 3 aromatic rings. The minimum absolute atomic E-state index is 0.0988. The van der Waals surface area contributed by atoms with Crippen LogP contribution in [0.1, 0.15) is 62.9 Å². The van der Waals surface area contributed by atoms with E-state index in [0.29, 0.717) is 17.9 Å². The van der Waals surface area contributed by atoms with Crippen LogP contribution in [-0.2, 0) is 0 Å². The fourth-order valence-corrected chi connectivity index (χ4v) is 4.19. The lowest BCUT2D eigenvalue weighted by Gasteiger charge is -2.36. The van der Waals surface area contributed by atoms with Gasteiger partial charge in [-0.3, -0.25) is 0 Å². The first kappa shape index (κ1) is 19.8. The van der Waals surface area contributed by atoms with Crippen LogP contribution in [0, 0.1) is 0 Å². The minimum Gasteiger partial charge on any atom is -0.420 e. The molecule has 1 unspecified atom stereocenters. The Morgan fingerprint density at radius 1 is 0.931 bits per heavy atom. The summed E-state index contributed by atoms with van der Waals surface area (Å²) >= 11 is 0. The van der Waals surface area contributed by atoms with Crippen molar-refractivity contribution in [3.05, 3.63) is 72.1 Å². The summed E-state index contributed by atoms with van der Waals surface area (Å²) in [5.41, 5.74) is 1.24. The van der Waals surface area contributed by atoms with Crippen molar-refractivity contribution in [3.63, 3.8) is 0 Å². The van der Waals surface area contributed by atoms with E-state index in [4.69, 9.17) is 4.42 Å². The Balaban J connectivity index is 1.39. The monoisotopic (exact) mass is 391 g/mol. The highest BCUT2D eigenvalue weighted by molar-refractivity contribution is 5.51. The molecule has 29 heavy (non-hydrogen) atoms. The van der Waals surface area contributed by atoms with Gasteiger partial charge in [0.2, 0.25) is 11.8 Å². The minimum atomic E-state index is -0.838. The molecule has 0 saturated heterocycles. The molecule has 2 N–H and O–H groups in total. The highest BCUT2D eigenvalue weighted by Crippen LogP contribution is 2.35. The van der Waals surface area contributed by atoms with Gasteiger partial charge in [-0.1, -0.05) is 48.5 Å². The Kier molecular flexibility index (Phi) is 5.79. The van der Waals surface area contributed by atoms with Crippen LogP contribution in [0.25, 0.3) is 11.5 Å². The van der Waals surface area contributed by atoms with Crippen LogP contribution in [0.15, 0.2) is 65.1 Å². The Morgan fingerprint density at radius 3 is 2.17 bits per heavy atom. The fourth-order valence-electron chi connectivity index (χ4n) is 4.19. The molecule has 0 amide bonds. The lowest BCUT2D eigenvalue weighted by Crippen LogP contribution is -2.45. The molecule has 1 aromatic heterocycles. The second-order valence-electron chi connectivity index (χ2n) is 8.52. The highest BCUT2D eigenvalue weighted by atomic mass is 16.4. The van der Waals surface area contributed by atoms with Crippen molar-refractivity contribution in [1.82, 2.24) is 15.5 Å². The van der Waals surface area contributed by atoms with Gasteiger partial charge < -0.3 is 14.8 Å². The Bertz CT molecular complexity index is 895. The summed E-state index contributed by atoms with van der Waals surface area (Å²) in [6.07, 6.45) is 4.04. The molecule has 4 rings (SSSR count). The third-order valence-corrected chi connectivity index (χ3v) is 5.78. The summed E-state index contributed by atoms with van der Waals surface area (Å²) in [5.74, 6) is 1.63. The van der Waals surface area contributed by atoms with E-state index in [1.807, 2.05) is 62.4 Å². The van der Waals surface area contributed by atoms with Crippen LogP contribution in [0.4, 0.5) is 0 Å². The predicted octanol–water partition coefficient (Wildman–Crippen LogP) is 4.86. The van der Waals surface area contributed by atoms with Gasteiger partial charge in [0.05, 0.1) is 11.6 Å². The molecule has 5 nitrogen and oxygen atoms in total. The smallest absolute Gasteiger partial charge is 0.247 e. The SMILES string of the molecule is CC(C)(O)C(N[C@H]1CC[C@H](c2nnc(-c3ccccc3)o2)CC1)c1ccccc1. The van der Waals surface area contributed by atoms with Crippen LogP contribution in [0.3, 0.4) is 0 Å². The maximum atomic E-state index is 10.7. The third kappa shape index (κ3) is 4.74. The molecule has 152 valence electrons. The number of benzene rings is 2. The highest BCUT2D eigenvalue weighted by Gasteiger charge is 2.33. The van der Waals surface area contributed by atoms with Crippen molar-refractivity contribution in [3.8, 4) is 11.5 Å². The van der Waals surface area contributed by atoms with Crippen molar-refractivity contribution < 1.29 is 9.52 Å². The van der Waals surface area contributed by atoms with E-state index >= 15 is 0 Å². The van der Waals surface area contributed by atoms with Crippen molar-refractivity contribution in [2.24, 2.45) is 0 Å². The second kappa shape index (κ2) is 8.47. The number of hydrogen-bond donors (Lipinski definition) is 2. The van der Waals surface area contributed by atoms with Crippen molar-refractivity contribution >= 4 is 0 Å². The molecule has 0 bridgehead atoms. The topological polar surface area (TPSA) is 71.2 Å². The van der Waals surface area contributed by atoms with Crippen LogP contribution >= 0.6 is 0 Å². The van der Waals surface area contributed by atoms with Gasteiger partial charge in [-0.2, -0.15) is 0 Å². The van der Waals surface area contributed by atoms with E-state index < -0.39 is 5.60 Å². The van der Waals surface area contributed by atoms with Gasteiger partial charge in [0.25, 0.3) is 0 Å². The Morgan fingerprint density at radius 2 is 1.55 bits per heavy atom. The zero-order valence-corrected chi connectivity index (χ0v) is 17.1. The third-order valence-electron chi connectivity index (χ3n) is 5.78. The van der Waals surface area contributed by atoms with E-state index in [-0.39, 0.29) is 6.04 Å². The lowest BCUT2D eigenvalue weighted by molar-refractivity contribution is 0.0296. The summed E-state index contributed by atoms with van der Waals surface area (Å²) in [7, 11) is 0. The number of aliphatic hydroxyl groups is 1. The molecule has 1 fully saturated rings. The van der Waals surface area contributed by atoms with E-state index in [2.05, 4.69) is 27.6 Å². The van der Waals surface area contributed by atoms with E-state index in [0.717, 1.165) is 42.7 Å². The predicted molar refractivity (Wildman–Crippen MR) is 113 cm³/mol. The molecule has 1 heterocycles. The second-order valence-corrected chi connectivity index (χ2v) is 8.52. The van der Waals surface area contributed by atoms with Gasteiger partial charge in [-0.05, 0) is 57.2 Å². The molecule has 0 aliphatic heterocycles. The first-order chi connectivity index (χ1) is 14.0. The number of hydrogen-bond acceptors (Lipinski definition) is 5. The van der Waals surface area contributed by atoms with Gasteiger partial charge in [0.15, 0.2) is 0 Å². The standard InChI is InChI=1S/C24H29N3O2/c1-24(2,28)21(17-9-5-3-6-10-17)25-20-15-13-19(14-16-20)23-27-26-22(29-23)18-11-7-4-8-12-18/h3-12,19-21,25,28H,13-16H2,1-2H3/t19-,20-,21?. The Hall–Kier alpha value is -2.50. The van der Waals surface area contributed by atoms with E-state index in [9.17, 15) is 5.11 Å². The number of nitrogens with zero attached hydrogens (tertiary/aromatic N) is 2. The van der Waals surface area contributed by atoms with Gasteiger partial charge in [0, 0.05) is 17.5 Å². The zero-order valence-electron chi connectivity index (χ0n) is 17.1. The van der Waals surface area contributed by atoms with Crippen LogP contribution in [-0.4, -0.2) is 26.9 Å². The maximum Gasteiger partial charge on any atom is 0.247 e. The van der Waals surface area contributed by atoms with Crippen molar-refractivity contribution in [2.45, 2.75) is 63.1 Å². The summed E-state index contributed by atoms with van der Waals surface area (Å²) in [6.45, 7) is 3.74. The van der Waals surface area contributed by atoms with Crippen molar-refractivity contribution in [1.29, 1.82) is 0 Å². The number of aromatic nitrogens is 2. The summed E-state index contributed by atoms with van der Waals surface area (Å²) in [5, 5.41) is 23.0. The molecule has 1 saturated carbocycles. The molecule has 0 radical (unpaired) electrons. The quantitative estimate of drug-likeness (QED) is 0.628. The van der Waals surface area contributed by atoms with Crippen LogP contribution in [0.2, 0.25) is 0 Å². The molecule has 5 heteroatoms. The normalized spacial score (nSPS) is 21.1. The summed E-state index contributed by atoms with van der Waals surface area (Å²) in [4.78, 5) is 0. The first-order valence-electron chi connectivity index (χ1n) is 10.4. The van der Waals surface area contributed by atoms with Crippen LogP contribution < -0.4 is 5.32 Å². The summed E-state index contributed by atoms with van der Waals surface area (Å²) in [6, 6.07) is 20.4. The van der Waals surface area contributed by atoms with E-state index in [1.54, 1.807) is 0 Å². The van der Waals surface area contributed by atoms with Crippen LogP contribution in [0.5, 0.6) is 0 Å². The van der Waals surface area contributed by atoms with Gasteiger partial charge >= 0.3 is 0 Å². The molecule has 0 spiro atoms. The fraction of sp³-hybridized carbons (Fsp3) is 0.417. The molecular weight excluding hydrogens is 362 g/mol. The first-order valence-corrected chi connectivity index (χ1v) is 10.4. The lowest BCUT2D eigenvalue weighted by atomic mass is 9.84. The summed E-state index contributed by atoms with van der Waals surface area (Å²) < 4.78 is 5.97. The van der Waals surface area contributed by atoms with Gasteiger partial charge in [0.1, 0.15) is 0 Å². The maximum absolute atomic E-state index is 10.7. The van der Waals surface area contributed by atoms with E-state index in [1.165, 1.54) is 0 Å². The number of rotatable bonds is 6. The average Bonchev–Trinajstić information content (AvgIpc) is 3.23. The molecule has 1 aliphatic rings. The molecular formula is C24H29N3O2. The molecule has 2 aromatic carbocycles. The van der Waals surface area contributed by atoms with Gasteiger partial charge in [-0.25, -0.2) is 0 Å². The zero-order chi connectivity index (χ0) is 20.3. The van der Waals surface area contributed by atoms with Crippen molar-refractivity contribution in [2.75, 3.05) is 0 Å². The number of nitrogens with one attached hydrogen (secondary N) is 1.